The van der Waals surface area contributed by atoms with Gasteiger partial charge in [-0.1, -0.05) is 36.4 Å². The van der Waals surface area contributed by atoms with Gasteiger partial charge >= 0.3 is 0 Å². The summed E-state index contributed by atoms with van der Waals surface area (Å²) >= 11 is 0. The lowest BCUT2D eigenvalue weighted by Gasteiger charge is -2.18. The minimum absolute atomic E-state index is 0.0795. The van der Waals surface area contributed by atoms with Crippen molar-refractivity contribution in [2.75, 3.05) is 18.5 Å². The smallest absolute Gasteiger partial charge is 0.292 e. The van der Waals surface area contributed by atoms with Gasteiger partial charge in [0.2, 0.25) is 0 Å². The van der Waals surface area contributed by atoms with Gasteiger partial charge in [-0.15, -0.1) is 0 Å². The Balaban J connectivity index is 2.15. The van der Waals surface area contributed by atoms with Crippen LogP contribution in [0.2, 0.25) is 0 Å². The van der Waals surface area contributed by atoms with Crippen molar-refractivity contribution in [3.63, 3.8) is 0 Å². The number of hydrogen-bond donors (Lipinski definition) is 2. The van der Waals surface area contributed by atoms with E-state index in [2.05, 4.69) is 5.32 Å². The van der Waals surface area contributed by atoms with Gasteiger partial charge in [0.25, 0.3) is 5.69 Å². The molecule has 0 aliphatic rings. The number of rotatable bonds is 7. The second-order valence-electron chi connectivity index (χ2n) is 5.28. The van der Waals surface area contributed by atoms with Gasteiger partial charge in [0, 0.05) is 25.1 Å². The van der Waals surface area contributed by atoms with Crippen LogP contribution in [-0.2, 0) is 0 Å². The first kappa shape index (κ1) is 16.0. The zero-order valence-corrected chi connectivity index (χ0v) is 12.5. The molecule has 0 fully saturated rings. The molecule has 0 aliphatic heterocycles. The molecule has 2 aromatic carbocycles. The van der Waals surface area contributed by atoms with Gasteiger partial charge in [0.1, 0.15) is 5.69 Å². The van der Waals surface area contributed by atoms with Crippen LogP contribution < -0.4 is 5.32 Å². The first-order valence-corrected chi connectivity index (χ1v) is 7.26. The highest BCUT2D eigenvalue weighted by Crippen LogP contribution is 2.27. The SMILES string of the molecule is Cc1ccc(NCC(CCO)c2ccccc2)c([N+](=O)[O-])c1. The highest BCUT2D eigenvalue weighted by Gasteiger charge is 2.16. The molecule has 1 atom stereocenters. The van der Waals surface area contributed by atoms with Crippen molar-refractivity contribution >= 4 is 11.4 Å². The molecular weight excluding hydrogens is 280 g/mol. The summed E-state index contributed by atoms with van der Waals surface area (Å²) in [4.78, 5) is 10.8. The third-order valence-electron chi connectivity index (χ3n) is 3.64. The minimum Gasteiger partial charge on any atom is -0.396 e. The second kappa shape index (κ2) is 7.56. The maximum absolute atomic E-state index is 11.1. The quantitative estimate of drug-likeness (QED) is 0.606. The van der Waals surface area contributed by atoms with Crippen LogP contribution >= 0.6 is 0 Å². The summed E-state index contributed by atoms with van der Waals surface area (Å²) in [5, 5.41) is 23.5. The first-order chi connectivity index (χ1) is 10.6. The lowest BCUT2D eigenvalue weighted by Crippen LogP contribution is -2.15. The number of nitro benzene ring substituents is 1. The van der Waals surface area contributed by atoms with Crippen LogP contribution in [0.15, 0.2) is 48.5 Å². The Hall–Kier alpha value is -2.40. The lowest BCUT2D eigenvalue weighted by molar-refractivity contribution is -0.384. The Morgan fingerprint density at radius 2 is 1.95 bits per heavy atom. The van der Waals surface area contributed by atoms with Crippen LogP contribution in [-0.4, -0.2) is 23.2 Å². The van der Waals surface area contributed by atoms with Gasteiger partial charge in [0.05, 0.1) is 4.92 Å². The maximum atomic E-state index is 11.1. The molecule has 0 bridgehead atoms. The molecule has 0 saturated heterocycles. The van der Waals surface area contributed by atoms with Crippen LogP contribution in [0.4, 0.5) is 11.4 Å². The third kappa shape index (κ3) is 4.05. The zero-order chi connectivity index (χ0) is 15.9. The average Bonchev–Trinajstić information content (AvgIpc) is 2.53. The fraction of sp³-hybridized carbons (Fsp3) is 0.294. The molecule has 0 spiro atoms. The number of nitrogens with one attached hydrogen (secondary N) is 1. The molecule has 22 heavy (non-hydrogen) atoms. The average molecular weight is 300 g/mol. The Kier molecular flexibility index (Phi) is 5.49. The van der Waals surface area contributed by atoms with Crippen LogP contribution in [0.3, 0.4) is 0 Å². The van der Waals surface area contributed by atoms with Crippen LogP contribution in [0, 0.1) is 17.0 Å². The van der Waals surface area contributed by atoms with Crippen molar-refractivity contribution in [1.29, 1.82) is 0 Å². The topological polar surface area (TPSA) is 75.4 Å². The molecule has 0 aromatic heterocycles. The van der Waals surface area contributed by atoms with Crippen molar-refractivity contribution in [3.05, 3.63) is 69.8 Å². The zero-order valence-electron chi connectivity index (χ0n) is 12.5. The molecule has 116 valence electrons. The molecule has 0 radical (unpaired) electrons. The second-order valence-corrected chi connectivity index (χ2v) is 5.28. The van der Waals surface area contributed by atoms with E-state index in [0.29, 0.717) is 18.7 Å². The van der Waals surface area contributed by atoms with E-state index in [1.54, 1.807) is 12.1 Å². The first-order valence-electron chi connectivity index (χ1n) is 7.26. The van der Waals surface area contributed by atoms with E-state index in [-0.39, 0.29) is 23.1 Å². The molecular formula is C17H20N2O3. The molecule has 2 N–H and O–H groups in total. The van der Waals surface area contributed by atoms with Gasteiger partial charge in [-0.25, -0.2) is 0 Å². The van der Waals surface area contributed by atoms with Crippen molar-refractivity contribution in [2.45, 2.75) is 19.3 Å². The number of hydrogen-bond acceptors (Lipinski definition) is 4. The molecule has 5 heteroatoms. The normalized spacial score (nSPS) is 11.9. The van der Waals surface area contributed by atoms with Crippen LogP contribution in [0.1, 0.15) is 23.5 Å². The Morgan fingerprint density at radius 1 is 1.23 bits per heavy atom. The summed E-state index contributed by atoms with van der Waals surface area (Å²) < 4.78 is 0. The number of benzene rings is 2. The molecule has 2 aromatic rings. The highest BCUT2D eigenvalue weighted by atomic mass is 16.6. The van der Waals surface area contributed by atoms with E-state index in [1.165, 1.54) is 0 Å². The van der Waals surface area contributed by atoms with Crippen LogP contribution in [0.25, 0.3) is 0 Å². The molecule has 1 unspecified atom stereocenters. The molecule has 2 rings (SSSR count). The van der Waals surface area contributed by atoms with E-state index in [9.17, 15) is 15.2 Å². The standard InChI is InChI=1S/C17H20N2O3/c1-13-7-8-16(17(11-13)19(21)22)18-12-15(9-10-20)14-5-3-2-4-6-14/h2-8,11,15,18,20H,9-10,12H2,1H3. The monoisotopic (exact) mass is 300 g/mol. The van der Waals surface area contributed by atoms with Crippen LogP contribution in [0.5, 0.6) is 0 Å². The highest BCUT2D eigenvalue weighted by molar-refractivity contribution is 5.62. The predicted molar refractivity (Wildman–Crippen MR) is 87.2 cm³/mol. The van der Waals surface area contributed by atoms with Crippen molar-refractivity contribution < 1.29 is 10.0 Å². The summed E-state index contributed by atoms with van der Waals surface area (Å²) in [6, 6.07) is 15.0. The molecule has 0 heterocycles. The largest absolute Gasteiger partial charge is 0.396 e. The summed E-state index contributed by atoms with van der Waals surface area (Å²) in [7, 11) is 0. The molecule has 0 aliphatic carbocycles. The third-order valence-corrected chi connectivity index (χ3v) is 3.64. The molecule has 5 nitrogen and oxygen atoms in total. The minimum atomic E-state index is -0.376. The lowest BCUT2D eigenvalue weighted by atomic mass is 9.96. The predicted octanol–water partition coefficient (Wildman–Crippen LogP) is 3.48. The maximum Gasteiger partial charge on any atom is 0.292 e. The molecule has 0 saturated carbocycles. The van der Waals surface area contributed by atoms with Crippen molar-refractivity contribution in [2.24, 2.45) is 0 Å². The number of nitro groups is 1. The summed E-state index contributed by atoms with van der Waals surface area (Å²) in [5.41, 5.74) is 2.55. The summed E-state index contributed by atoms with van der Waals surface area (Å²) in [6.07, 6.45) is 0.608. The van der Waals surface area contributed by atoms with Gasteiger partial charge in [-0.05, 0) is 30.5 Å². The Labute approximate surface area is 129 Å². The van der Waals surface area contributed by atoms with E-state index >= 15 is 0 Å². The van der Waals surface area contributed by atoms with Gasteiger partial charge < -0.3 is 10.4 Å². The number of anilines is 1. The summed E-state index contributed by atoms with van der Waals surface area (Å²) in [6.45, 7) is 2.45. The van der Waals surface area contributed by atoms with Gasteiger partial charge in [-0.3, -0.25) is 10.1 Å². The van der Waals surface area contributed by atoms with E-state index < -0.39 is 0 Å². The number of nitrogens with zero attached hydrogens (tertiary/aromatic N) is 1. The Bertz CT molecular complexity index is 629. The van der Waals surface area contributed by atoms with Crippen molar-refractivity contribution in [3.8, 4) is 0 Å². The summed E-state index contributed by atoms with van der Waals surface area (Å²) in [5.74, 6) is 0.104. The molecule has 0 amide bonds. The number of aliphatic hydroxyl groups is 1. The fourth-order valence-corrected chi connectivity index (χ4v) is 2.44. The van der Waals surface area contributed by atoms with Crippen molar-refractivity contribution in [1.82, 2.24) is 0 Å². The van der Waals surface area contributed by atoms with Gasteiger partial charge in [0.15, 0.2) is 0 Å². The number of aryl methyl sites for hydroxylation is 1. The number of aliphatic hydroxyl groups excluding tert-OH is 1. The van der Waals surface area contributed by atoms with E-state index in [0.717, 1.165) is 11.1 Å². The fourth-order valence-electron chi connectivity index (χ4n) is 2.44. The van der Waals surface area contributed by atoms with E-state index in [1.807, 2.05) is 43.3 Å². The van der Waals surface area contributed by atoms with Gasteiger partial charge in [-0.2, -0.15) is 0 Å². The van der Waals surface area contributed by atoms with E-state index in [4.69, 9.17) is 0 Å². The Morgan fingerprint density at radius 3 is 2.59 bits per heavy atom.